The Bertz CT molecular complexity index is 1590. The van der Waals surface area contributed by atoms with Crippen molar-refractivity contribution in [3.8, 4) is 23.0 Å². The molecule has 0 fully saturated rings. The first kappa shape index (κ1) is 26.3. The van der Waals surface area contributed by atoms with Crippen molar-refractivity contribution < 1.29 is 28.8 Å². The molecule has 9 nitrogen and oxygen atoms in total. The minimum absolute atomic E-state index is 0.0852. The van der Waals surface area contributed by atoms with E-state index in [4.69, 9.17) is 30.5 Å². The number of esters is 1. The number of nitrogens with zero attached hydrogens (tertiary/aromatic N) is 2. The molecule has 0 amide bonds. The van der Waals surface area contributed by atoms with E-state index in [0.29, 0.717) is 37.7 Å². The molecule has 0 aliphatic carbocycles. The van der Waals surface area contributed by atoms with Gasteiger partial charge in [-0.3, -0.25) is 9.36 Å². The summed E-state index contributed by atoms with van der Waals surface area (Å²) >= 11 is 7.30. The highest BCUT2D eigenvalue weighted by molar-refractivity contribution is 7.07. The number of carbonyl (C=O) groups excluding carboxylic acids is 1. The number of halogens is 1. The Morgan fingerprint density at radius 3 is 2.49 bits per heavy atom. The maximum Gasteiger partial charge on any atom is 0.338 e. The van der Waals surface area contributed by atoms with Gasteiger partial charge in [0.25, 0.3) is 5.56 Å². The fourth-order valence-corrected chi connectivity index (χ4v) is 5.38. The van der Waals surface area contributed by atoms with Gasteiger partial charge >= 0.3 is 5.97 Å². The van der Waals surface area contributed by atoms with E-state index in [2.05, 4.69) is 4.99 Å². The molecule has 1 atom stereocenters. The average Bonchev–Trinajstić information content (AvgIpc) is 3.18. The van der Waals surface area contributed by atoms with Crippen molar-refractivity contribution in [3.05, 3.63) is 77.4 Å². The van der Waals surface area contributed by atoms with Gasteiger partial charge in [-0.15, -0.1) is 0 Å². The standard InChI is InChI=1S/C26H25ClN2O7S/c1-6-36-25(32)21-13(2)28-26-29(22(21)15-7-8-17(33-3)18(12-15)34-4)24(31)20(37-26)11-14-9-16(27)23(30)19(10-14)35-5/h7-12,22,30H,6H2,1-5H3/b20-11-/t22-/m0/s1. The summed E-state index contributed by atoms with van der Waals surface area (Å²) in [4.78, 5) is 31.8. The molecule has 194 valence electrons. The van der Waals surface area contributed by atoms with E-state index < -0.39 is 12.0 Å². The van der Waals surface area contributed by atoms with Gasteiger partial charge in [-0.1, -0.05) is 29.0 Å². The summed E-state index contributed by atoms with van der Waals surface area (Å²) in [5, 5.41) is 10.1. The molecule has 2 heterocycles. The van der Waals surface area contributed by atoms with Gasteiger partial charge in [0.1, 0.15) is 0 Å². The molecule has 0 unspecified atom stereocenters. The van der Waals surface area contributed by atoms with Crippen LogP contribution >= 0.6 is 22.9 Å². The van der Waals surface area contributed by atoms with Crippen molar-refractivity contribution in [2.75, 3.05) is 27.9 Å². The summed E-state index contributed by atoms with van der Waals surface area (Å²) in [6.45, 7) is 3.59. The monoisotopic (exact) mass is 544 g/mol. The molecule has 2 aromatic carbocycles. The minimum atomic E-state index is -0.810. The molecule has 0 saturated carbocycles. The van der Waals surface area contributed by atoms with Crippen molar-refractivity contribution in [2.45, 2.75) is 19.9 Å². The molecular weight excluding hydrogens is 520 g/mol. The fraction of sp³-hybridized carbons (Fsp3) is 0.269. The molecule has 0 spiro atoms. The summed E-state index contributed by atoms with van der Waals surface area (Å²) in [7, 11) is 4.45. The second kappa shape index (κ2) is 10.7. The van der Waals surface area contributed by atoms with Gasteiger partial charge in [-0.2, -0.15) is 0 Å². The molecule has 1 aromatic heterocycles. The molecule has 0 bridgehead atoms. The Balaban J connectivity index is 1.97. The van der Waals surface area contributed by atoms with Crippen LogP contribution in [-0.4, -0.2) is 43.6 Å². The number of phenols is 1. The molecule has 11 heteroatoms. The molecule has 1 N–H and O–H groups in total. The highest BCUT2D eigenvalue weighted by Crippen LogP contribution is 2.37. The predicted molar refractivity (Wildman–Crippen MR) is 140 cm³/mol. The van der Waals surface area contributed by atoms with Gasteiger partial charge in [0.15, 0.2) is 27.8 Å². The van der Waals surface area contributed by atoms with E-state index in [-0.39, 0.29) is 34.3 Å². The van der Waals surface area contributed by atoms with Gasteiger partial charge in [0.2, 0.25) is 0 Å². The number of benzene rings is 2. The molecule has 0 saturated heterocycles. The van der Waals surface area contributed by atoms with Crippen molar-refractivity contribution in [2.24, 2.45) is 4.99 Å². The van der Waals surface area contributed by atoms with Crippen LogP contribution in [-0.2, 0) is 9.53 Å². The molecule has 37 heavy (non-hydrogen) atoms. The molecular formula is C26H25ClN2O7S. The van der Waals surface area contributed by atoms with Crippen LogP contribution in [0.25, 0.3) is 6.08 Å². The number of aromatic hydroxyl groups is 1. The lowest BCUT2D eigenvalue weighted by molar-refractivity contribution is -0.139. The van der Waals surface area contributed by atoms with Gasteiger partial charge in [0, 0.05) is 0 Å². The van der Waals surface area contributed by atoms with Crippen LogP contribution in [0.1, 0.15) is 31.0 Å². The van der Waals surface area contributed by atoms with Crippen molar-refractivity contribution >= 4 is 35.0 Å². The predicted octanol–water partition coefficient (Wildman–Crippen LogP) is 3.18. The number of aromatic nitrogens is 1. The number of hydrogen-bond donors (Lipinski definition) is 1. The molecule has 1 aliphatic rings. The average molecular weight is 545 g/mol. The van der Waals surface area contributed by atoms with E-state index in [1.54, 1.807) is 44.2 Å². The van der Waals surface area contributed by atoms with E-state index >= 15 is 0 Å². The lowest BCUT2D eigenvalue weighted by Crippen LogP contribution is -2.40. The zero-order chi connectivity index (χ0) is 26.9. The van der Waals surface area contributed by atoms with Gasteiger partial charge in [-0.25, -0.2) is 9.79 Å². The van der Waals surface area contributed by atoms with Crippen molar-refractivity contribution in [3.63, 3.8) is 0 Å². The first-order valence-electron chi connectivity index (χ1n) is 11.2. The van der Waals surface area contributed by atoms with Crippen LogP contribution in [0, 0.1) is 0 Å². The number of thiazole rings is 1. The number of phenolic OH excluding ortho intramolecular Hbond substituents is 1. The third-order valence-electron chi connectivity index (χ3n) is 5.81. The third kappa shape index (κ3) is 4.82. The highest BCUT2D eigenvalue weighted by Gasteiger charge is 2.34. The third-order valence-corrected chi connectivity index (χ3v) is 7.08. The first-order chi connectivity index (χ1) is 17.7. The molecule has 3 aromatic rings. The van der Waals surface area contributed by atoms with Crippen LogP contribution in [0.2, 0.25) is 5.02 Å². The van der Waals surface area contributed by atoms with Crippen molar-refractivity contribution in [1.29, 1.82) is 0 Å². The second-order valence-electron chi connectivity index (χ2n) is 7.97. The van der Waals surface area contributed by atoms with E-state index in [1.807, 2.05) is 0 Å². The van der Waals surface area contributed by atoms with Crippen LogP contribution in [0.4, 0.5) is 0 Å². The lowest BCUT2D eigenvalue weighted by atomic mass is 9.95. The maximum atomic E-state index is 13.8. The topological polar surface area (TPSA) is 109 Å². The summed E-state index contributed by atoms with van der Waals surface area (Å²) in [5.41, 5.74) is 1.51. The zero-order valence-corrected chi connectivity index (χ0v) is 22.4. The lowest BCUT2D eigenvalue weighted by Gasteiger charge is -2.25. The summed E-state index contributed by atoms with van der Waals surface area (Å²) in [6, 6.07) is 7.50. The van der Waals surface area contributed by atoms with Crippen LogP contribution in [0.3, 0.4) is 0 Å². The smallest absolute Gasteiger partial charge is 0.338 e. The molecule has 4 rings (SSSR count). The Hall–Kier alpha value is -3.76. The van der Waals surface area contributed by atoms with Crippen LogP contribution < -0.4 is 29.1 Å². The fourth-order valence-electron chi connectivity index (χ4n) is 4.11. The van der Waals surface area contributed by atoms with Gasteiger partial charge in [0.05, 0.1) is 54.8 Å². The Labute approximate surface area is 221 Å². The number of allylic oxidation sites excluding steroid dienone is 1. The SMILES string of the molecule is CCOC(=O)C1=C(C)N=c2s/c(=C\c3cc(Cl)c(O)c(OC)c3)c(=O)n2[C@H]1c1ccc(OC)c(OC)c1. The van der Waals surface area contributed by atoms with Crippen LogP contribution in [0.15, 0.2) is 51.4 Å². The molecule has 1 aliphatic heterocycles. The summed E-state index contributed by atoms with van der Waals surface area (Å²) < 4.78 is 23.1. The van der Waals surface area contributed by atoms with Gasteiger partial charge in [-0.05, 0) is 55.3 Å². The zero-order valence-electron chi connectivity index (χ0n) is 20.8. The van der Waals surface area contributed by atoms with E-state index in [9.17, 15) is 14.7 Å². The van der Waals surface area contributed by atoms with Crippen molar-refractivity contribution in [1.82, 2.24) is 4.57 Å². The van der Waals surface area contributed by atoms with Gasteiger partial charge < -0.3 is 24.1 Å². The number of rotatable bonds is 7. The number of ether oxygens (including phenoxy) is 4. The largest absolute Gasteiger partial charge is 0.503 e. The quantitative estimate of drug-likeness (QED) is 0.455. The first-order valence-corrected chi connectivity index (χ1v) is 12.4. The Morgan fingerprint density at radius 1 is 1.14 bits per heavy atom. The number of fused-ring (bicyclic) bond motifs is 1. The number of methoxy groups -OCH3 is 3. The Morgan fingerprint density at radius 2 is 1.84 bits per heavy atom. The normalized spacial score (nSPS) is 15.2. The Kier molecular flexibility index (Phi) is 7.60. The number of hydrogen-bond acceptors (Lipinski definition) is 9. The maximum absolute atomic E-state index is 13.8. The second-order valence-corrected chi connectivity index (χ2v) is 9.39. The van der Waals surface area contributed by atoms with E-state index in [0.717, 1.165) is 0 Å². The highest BCUT2D eigenvalue weighted by atomic mass is 35.5. The summed E-state index contributed by atoms with van der Waals surface area (Å²) in [6.07, 6.45) is 1.63. The minimum Gasteiger partial charge on any atom is -0.503 e. The van der Waals surface area contributed by atoms with E-state index in [1.165, 1.54) is 43.3 Å². The summed E-state index contributed by atoms with van der Waals surface area (Å²) in [5.74, 6) is 0.384. The number of carbonyl (C=O) groups is 1. The molecule has 0 radical (unpaired) electrons. The van der Waals surface area contributed by atoms with Crippen LogP contribution in [0.5, 0.6) is 23.0 Å².